The van der Waals surface area contributed by atoms with Gasteiger partial charge in [-0.15, -0.1) is 10.2 Å². The summed E-state index contributed by atoms with van der Waals surface area (Å²) in [6.07, 6.45) is 0. The summed E-state index contributed by atoms with van der Waals surface area (Å²) in [5, 5.41) is 52.4. The number of carbonyl (C=O) groups excluding carboxylic acids is 3. The predicted octanol–water partition coefficient (Wildman–Crippen LogP) is 8.28. The highest BCUT2D eigenvalue weighted by atomic mass is 35.5. The molecule has 0 unspecified atom stereocenters. The maximum absolute atomic E-state index is 14.3. The van der Waals surface area contributed by atoms with Gasteiger partial charge in [-0.1, -0.05) is 71.7 Å². The van der Waals surface area contributed by atoms with Gasteiger partial charge in [-0.05, 0) is 84.9 Å². The highest BCUT2D eigenvalue weighted by Crippen LogP contribution is 2.37. The van der Waals surface area contributed by atoms with E-state index in [-0.39, 0.29) is 101 Å². The molecule has 2 heterocycles. The minimum absolute atomic E-state index is 0.0132. The number of phenols is 4. The quantitative estimate of drug-likeness (QED) is 0.0590. The molecule has 0 aliphatic carbocycles. The summed E-state index contributed by atoms with van der Waals surface area (Å²) in [4.78, 5) is 51.9. The van der Waals surface area contributed by atoms with Crippen LogP contribution >= 0.6 is 23.2 Å². The van der Waals surface area contributed by atoms with Gasteiger partial charge in [0.15, 0.2) is 23.3 Å². The highest BCUT2D eigenvalue weighted by molar-refractivity contribution is 6.70. The van der Waals surface area contributed by atoms with Gasteiger partial charge in [-0.3, -0.25) is 14.4 Å². The van der Waals surface area contributed by atoms with Crippen LogP contribution in [0.15, 0.2) is 133 Å². The highest BCUT2D eigenvalue weighted by Gasteiger charge is 2.32. The van der Waals surface area contributed by atoms with Gasteiger partial charge in [0.05, 0.1) is 44.8 Å². The van der Waals surface area contributed by atoms with E-state index in [0.717, 1.165) is 0 Å². The molecule has 0 spiro atoms. The van der Waals surface area contributed by atoms with Gasteiger partial charge < -0.3 is 20.4 Å². The van der Waals surface area contributed by atoms with Crippen molar-refractivity contribution in [3.63, 3.8) is 0 Å². The van der Waals surface area contributed by atoms with Gasteiger partial charge in [0.25, 0.3) is 5.78 Å². The number of nitrogens with zero attached hydrogens (tertiary/aromatic N) is 6. The third-order valence-electron chi connectivity index (χ3n) is 9.07. The van der Waals surface area contributed by atoms with Crippen molar-refractivity contribution in [3.8, 4) is 79.9 Å². The first-order chi connectivity index (χ1) is 28.0. The van der Waals surface area contributed by atoms with E-state index in [9.17, 15) is 34.8 Å². The summed E-state index contributed by atoms with van der Waals surface area (Å²) >= 11 is 12.9. The lowest BCUT2D eigenvalue weighted by atomic mass is 9.97. The first-order valence-electron chi connectivity index (χ1n) is 17.3. The first kappa shape index (κ1) is 37.3. The Morgan fingerprint density at radius 2 is 0.776 bits per heavy atom. The van der Waals surface area contributed by atoms with Gasteiger partial charge in [-0.25, -0.2) is 19.3 Å². The number of rotatable bonds is 10. The molecule has 2 aromatic heterocycles. The van der Waals surface area contributed by atoms with Crippen LogP contribution in [0.25, 0.3) is 56.9 Å². The molecule has 6 aromatic carbocycles. The molecule has 0 radical (unpaired) electrons. The molecule has 8 rings (SSSR count). The Balaban J connectivity index is 1.25. The fourth-order valence-electron chi connectivity index (χ4n) is 6.28. The van der Waals surface area contributed by atoms with E-state index < -0.39 is 17.3 Å². The van der Waals surface area contributed by atoms with Crippen LogP contribution < -0.4 is 0 Å². The summed E-state index contributed by atoms with van der Waals surface area (Å²) in [5.74, 6) is -4.52. The monoisotopic (exact) mass is 808 g/mol. The Hall–Kier alpha value is -7.61. The fourth-order valence-corrected chi connectivity index (χ4v) is 6.61. The average molecular weight is 810 g/mol. The average Bonchev–Trinajstić information content (AvgIpc) is 3.86. The van der Waals surface area contributed by atoms with Crippen molar-refractivity contribution in [3.05, 3.63) is 155 Å². The third-order valence-corrected chi connectivity index (χ3v) is 9.54. The second-order valence-electron chi connectivity index (χ2n) is 12.7. The van der Waals surface area contributed by atoms with Gasteiger partial charge in [0.1, 0.15) is 23.0 Å². The molecule has 0 atom stereocenters. The number of carbonyl (C=O) groups is 3. The van der Waals surface area contributed by atoms with Gasteiger partial charge >= 0.3 is 0 Å². The number of hydrogen-bond donors (Lipinski definition) is 4. The van der Waals surface area contributed by atoms with E-state index >= 15 is 0 Å². The lowest BCUT2D eigenvalue weighted by Crippen LogP contribution is -2.26. The molecule has 13 nitrogen and oxygen atoms in total. The fraction of sp³-hybridized carbons (Fsp3) is 0. The summed E-state index contributed by atoms with van der Waals surface area (Å²) < 4.78 is 2.38. The van der Waals surface area contributed by atoms with Gasteiger partial charge in [0, 0.05) is 10.0 Å². The molecule has 4 N–H and O–H groups in total. The lowest BCUT2D eigenvalue weighted by Gasteiger charge is -2.13. The maximum Gasteiger partial charge on any atom is 0.274 e. The molecule has 15 heteroatoms. The Morgan fingerprint density at radius 3 is 1.12 bits per heavy atom. The predicted molar refractivity (Wildman–Crippen MR) is 215 cm³/mol. The van der Waals surface area contributed by atoms with E-state index in [1.807, 2.05) is 0 Å². The molecule has 0 aliphatic heterocycles. The molecule has 284 valence electrons. The maximum atomic E-state index is 14.3. The molecule has 0 saturated heterocycles. The van der Waals surface area contributed by atoms with E-state index in [2.05, 4.69) is 20.2 Å². The number of aromatic hydroxyl groups is 4. The molecular weight excluding hydrogens is 783 g/mol. The number of benzene rings is 6. The number of phenolic OH excluding ortho intramolecular Hbond substituents is 4. The summed E-state index contributed by atoms with van der Waals surface area (Å²) in [7, 11) is 0. The second-order valence-corrected chi connectivity index (χ2v) is 13.6. The van der Waals surface area contributed by atoms with Crippen molar-refractivity contribution < 1.29 is 34.8 Å². The standard InChI is InChI=1S/C43H26Cl2N6O7/c44-23-17-19-25(31(21-23)50-42(29-11-3-7-15-35(29)54)46-40(48-50)27-9-1-5-13-33(27)52)37(56)39(58)38(57)26-20-18-24(45)22-32(26)51-43(30-12-4-8-16-36(30)55)47-41(49-51)28-10-2-6-14-34(28)53/h1-22,52-55H. The molecule has 0 amide bonds. The number of ketones is 3. The van der Waals surface area contributed by atoms with E-state index in [1.54, 1.807) is 72.8 Å². The Labute approximate surface area is 338 Å². The zero-order chi connectivity index (χ0) is 40.7. The summed E-state index contributed by atoms with van der Waals surface area (Å²) in [6.45, 7) is 0. The van der Waals surface area contributed by atoms with Gasteiger partial charge in [0.2, 0.25) is 11.6 Å². The molecule has 0 saturated carbocycles. The Kier molecular flexibility index (Phi) is 9.74. The van der Waals surface area contributed by atoms with Crippen LogP contribution in [0.5, 0.6) is 23.0 Å². The molecule has 0 fully saturated rings. The first-order valence-corrected chi connectivity index (χ1v) is 18.1. The molecule has 0 aliphatic rings. The summed E-state index contributed by atoms with van der Waals surface area (Å²) in [6, 6.07) is 33.0. The normalized spacial score (nSPS) is 11.1. The van der Waals surface area contributed by atoms with Gasteiger partial charge in [-0.2, -0.15) is 0 Å². The number of para-hydroxylation sites is 4. The zero-order valence-corrected chi connectivity index (χ0v) is 31.2. The smallest absolute Gasteiger partial charge is 0.274 e. The number of aromatic nitrogens is 6. The minimum Gasteiger partial charge on any atom is -0.507 e. The van der Waals surface area contributed by atoms with E-state index in [4.69, 9.17) is 23.2 Å². The van der Waals surface area contributed by atoms with Crippen LogP contribution in [0.2, 0.25) is 10.0 Å². The van der Waals surface area contributed by atoms with Crippen LogP contribution in [0, 0.1) is 0 Å². The van der Waals surface area contributed by atoms with Crippen molar-refractivity contribution in [2.24, 2.45) is 0 Å². The van der Waals surface area contributed by atoms with Crippen LogP contribution in [0.4, 0.5) is 0 Å². The third kappa shape index (κ3) is 6.80. The van der Waals surface area contributed by atoms with Crippen molar-refractivity contribution in [2.45, 2.75) is 0 Å². The van der Waals surface area contributed by atoms with Crippen LogP contribution in [0.3, 0.4) is 0 Å². The Morgan fingerprint density at radius 1 is 0.448 bits per heavy atom. The lowest BCUT2D eigenvalue weighted by molar-refractivity contribution is -0.111. The Bertz CT molecular complexity index is 2760. The van der Waals surface area contributed by atoms with Crippen molar-refractivity contribution >= 4 is 40.6 Å². The molecular formula is C43H26Cl2N6O7. The SMILES string of the molecule is O=C(C(=O)c1ccc(Cl)cc1-n1nc(-c2ccccc2O)nc1-c1ccccc1O)C(=O)c1ccc(Cl)cc1-n1nc(-c2ccccc2O)nc1-c1ccccc1O. The van der Waals surface area contributed by atoms with Crippen molar-refractivity contribution in [1.82, 2.24) is 29.5 Å². The largest absolute Gasteiger partial charge is 0.507 e. The van der Waals surface area contributed by atoms with E-state index in [0.29, 0.717) is 0 Å². The van der Waals surface area contributed by atoms with Crippen LogP contribution in [0.1, 0.15) is 20.7 Å². The second kappa shape index (κ2) is 15.1. The number of Topliss-reactive ketones (excluding diaryl/α,β-unsaturated/α-hetero) is 3. The number of hydrogen-bond acceptors (Lipinski definition) is 11. The minimum atomic E-state index is -1.46. The molecule has 0 bridgehead atoms. The van der Waals surface area contributed by atoms with E-state index in [1.165, 1.54) is 70.0 Å². The van der Waals surface area contributed by atoms with Crippen molar-refractivity contribution in [1.29, 1.82) is 0 Å². The molecule has 8 aromatic rings. The number of halogens is 2. The van der Waals surface area contributed by atoms with Crippen LogP contribution in [-0.2, 0) is 4.79 Å². The topological polar surface area (TPSA) is 194 Å². The molecule has 58 heavy (non-hydrogen) atoms. The summed E-state index contributed by atoms with van der Waals surface area (Å²) in [5.41, 5.74) is 0.148. The van der Waals surface area contributed by atoms with Crippen LogP contribution in [-0.4, -0.2) is 67.3 Å². The zero-order valence-electron chi connectivity index (χ0n) is 29.7. The van der Waals surface area contributed by atoms with Crippen molar-refractivity contribution in [2.75, 3.05) is 0 Å².